The highest BCUT2D eigenvalue weighted by Gasteiger charge is 2.04. The fourth-order valence-electron chi connectivity index (χ4n) is 1.04. The molecular weight excluding hydrogens is 170 g/mol. The van der Waals surface area contributed by atoms with E-state index in [2.05, 4.69) is 6.58 Å². The van der Waals surface area contributed by atoms with Gasteiger partial charge in [0.25, 0.3) is 0 Å². The van der Waals surface area contributed by atoms with Crippen molar-refractivity contribution < 1.29 is 8.78 Å². The lowest BCUT2D eigenvalue weighted by Gasteiger charge is -2.05. The van der Waals surface area contributed by atoms with Gasteiger partial charge in [-0.2, -0.15) is 0 Å². The molecule has 0 atom stereocenters. The molecule has 0 aromatic heterocycles. The molecule has 0 spiro atoms. The maximum absolute atomic E-state index is 12.7. The first-order chi connectivity index (χ1) is 6.13. The summed E-state index contributed by atoms with van der Waals surface area (Å²) in [5, 5.41) is 0. The lowest BCUT2D eigenvalue weighted by Crippen LogP contribution is -1.95. The zero-order valence-corrected chi connectivity index (χ0v) is 7.48. The van der Waals surface area contributed by atoms with E-state index in [1.165, 1.54) is 6.07 Å². The molecule has 1 aromatic carbocycles. The molecule has 1 rings (SSSR count). The summed E-state index contributed by atoms with van der Waals surface area (Å²) in [5.74, 6) is -0.569. The molecule has 0 aliphatic rings. The van der Waals surface area contributed by atoms with Crippen LogP contribution in [0, 0.1) is 17.6 Å². The Morgan fingerprint density at radius 1 is 1.38 bits per heavy atom. The maximum Gasteiger partial charge on any atom is 0.159 e. The first-order valence-electron chi connectivity index (χ1n) is 4.02. The van der Waals surface area contributed by atoms with E-state index in [4.69, 9.17) is 0 Å². The fourth-order valence-corrected chi connectivity index (χ4v) is 1.04. The molecule has 0 nitrogen and oxygen atoms in total. The molecule has 0 saturated heterocycles. The van der Waals surface area contributed by atoms with Gasteiger partial charge >= 0.3 is 0 Å². The Morgan fingerprint density at radius 3 is 2.62 bits per heavy atom. The average molecular weight is 181 g/mol. The van der Waals surface area contributed by atoms with Gasteiger partial charge in [-0.3, -0.25) is 0 Å². The molecular formula is C11H11F2. The van der Waals surface area contributed by atoms with Gasteiger partial charge in [-0.15, -0.1) is 6.58 Å². The van der Waals surface area contributed by atoms with Crippen LogP contribution in [-0.4, -0.2) is 0 Å². The van der Waals surface area contributed by atoms with Crippen molar-refractivity contribution in [2.75, 3.05) is 0 Å². The zero-order valence-electron chi connectivity index (χ0n) is 7.48. The summed E-state index contributed by atoms with van der Waals surface area (Å²) in [6.45, 7) is 5.49. The highest BCUT2D eigenvalue weighted by molar-refractivity contribution is 5.23. The Morgan fingerprint density at radius 2 is 2.08 bits per heavy atom. The lowest BCUT2D eigenvalue weighted by molar-refractivity contribution is 0.507. The maximum atomic E-state index is 12.7. The third-order valence-corrected chi connectivity index (χ3v) is 1.82. The predicted octanol–water partition coefficient (Wildman–Crippen LogP) is 3.29. The minimum Gasteiger partial charge on any atom is -0.204 e. The van der Waals surface area contributed by atoms with Crippen LogP contribution in [0.5, 0.6) is 0 Å². The molecule has 2 heteroatoms. The normalized spacial score (nSPS) is 10.5. The van der Waals surface area contributed by atoms with Crippen LogP contribution in [0.25, 0.3) is 0 Å². The van der Waals surface area contributed by atoms with E-state index in [1.54, 1.807) is 12.1 Å². The molecule has 0 fully saturated rings. The Bertz CT molecular complexity index is 305. The molecule has 0 N–H and O–H groups in total. The van der Waals surface area contributed by atoms with E-state index in [0.29, 0.717) is 6.42 Å². The van der Waals surface area contributed by atoms with Crippen LogP contribution in [0.2, 0.25) is 0 Å². The van der Waals surface area contributed by atoms with Crippen LogP contribution >= 0.6 is 0 Å². The largest absolute Gasteiger partial charge is 0.204 e. The summed E-state index contributed by atoms with van der Waals surface area (Å²) in [6, 6.07) is 3.93. The van der Waals surface area contributed by atoms with Gasteiger partial charge in [-0.25, -0.2) is 8.78 Å². The van der Waals surface area contributed by atoms with Crippen molar-refractivity contribution in [2.24, 2.45) is 0 Å². The number of halogens is 2. The van der Waals surface area contributed by atoms with E-state index in [1.807, 2.05) is 6.92 Å². The summed E-state index contributed by atoms with van der Waals surface area (Å²) >= 11 is 0. The minimum atomic E-state index is -0.806. The van der Waals surface area contributed by atoms with Crippen LogP contribution in [0.15, 0.2) is 30.9 Å². The highest BCUT2D eigenvalue weighted by Crippen LogP contribution is 2.14. The van der Waals surface area contributed by atoms with Gasteiger partial charge in [0.05, 0.1) is 0 Å². The van der Waals surface area contributed by atoms with E-state index in [0.717, 1.165) is 17.5 Å². The SMILES string of the molecule is C=C[C](C)Cc1ccc(F)c(F)c1. The summed E-state index contributed by atoms with van der Waals surface area (Å²) in [6.07, 6.45) is 2.32. The van der Waals surface area contributed by atoms with Crippen LogP contribution in [0.3, 0.4) is 0 Å². The first kappa shape index (κ1) is 9.90. The predicted molar refractivity (Wildman–Crippen MR) is 49.2 cm³/mol. The van der Waals surface area contributed by atoms with Crippen molar-refractivity contribution in [3.8, 4) is 0 Å². The number of hydrogen-bond acceptors (Lipinski definition) is 0. The second kappa shape index (κ2) is 4.17. The van der Waals surface area contributed by atoms with Gasteiger partial charge in [0.15, 0.2) is 11.6 Å². The Labute approximate surface area is 76.9 Å². The van der Waals surface area contributed by atoms with E-state index in [-0.39, 0.29) is 0 Å². The number of benzene rings is 1. The molecule has 0 heterocycles. The van der Waals surface area contributed by atoms with Crippen molar-refractivity contribution in [3.05, 3.63) is 54.0 Å². The number of rotatable bonds is 3. The third kappa shape index (κ3) is 2.65. The van der Waals surface area contributed by atoms with Gasteiger partial charge < -0.3 is 0 Å². The summed E-state index contributed by atoms with van der Waals surface area (Å²) in [7, 11) is 0. The van der Waals surface area contributed by atoms with Gasteiger partial charge in [0.2, 0.25) is 0 Å². The second-order valence-electron chi connectivity index (χ2n) is 2.98. The number of hydrogen-bond donors (Lipinski definition) is 0. The van der Waals surface area contributed by atoms with Crippen molar-refractivity contribution in [2.45, 2.75) is 13.3 Å². The third-order valence-electron chi connectivity index (χ3n) is 1.82. The van der Waals surface area contributed by atoms with Crippen molar-refractivity contribution in [1.82, 2.24) is 0 Å². The molecule has 1 radical (unpaired) electrons. The molecule has 69 valence electrons. The molecule has 0 unspecified atom stereocenters. The van der Waals surface area contributed by atoms with Crippen LogP contribution in [0.4, 0.5) is 8.78 Å². The lowest BCUT2D eigenvalue weighted by atomic mass is 10.0. The summed E-state index contributed by atoms with van der Waals surface area (Å²) in [4.78, 5) is 0. The first-order valence-corrected chi connectivity index (χ1v) is 4.02. The fraction of sp³-hybridized carbons (Fsp3) is 0.182. The van der Waals surface area contributed by atoms with Crippen molar-refractivity contribution in [3.63, 3.8) is 0 Å². The van der Waals surface area contributed by atoms with Crippen molar-refractivity contribution >= 4 is 0 Å². The van der Waals surface area contributed by atoms with Gasteiger partial charge in [-0.1, -0.05) is 19.1 Å². The number of allylic oxidation sites excluding steroid dienone is 1. The van der Waals surface area contributed by atoms with Gasteiger partial charge in [0, 0.05) is 0 Å². The molecule has 0 aliphatic heterocycles. The van der Waals surface area contributed by atoms with Crippen LogP contribution in [0.1, 0.15) is 12.5 Å². The van der Waals surface area contributed by atoms with Crippen LogP contribution in [-0.2, 0) is 6.42 Å². The topological polar surface area (TPSA) is 0 Å². The van der Waals surface area contributed by atoms with E-state index < -0.39 is 11.6 Å². The van der Waals surface area contributed by atoms with Gasteiger partial charge in [-0.05, 0) is 30.0 Å². The summed E-state index contributed by atoms with van der Waals surface area (Å²) in [5.41, 5.74) is 0.760. The smallest absolute Gasteiger partial charge is 0.159 e. The standard InChI is InChI=1S/C11H11F2/c1-3-8(2)6-9-4-5-10(12)11(13)7-9/h3-5,7H,1,6H2,2H3. The monoisotopic (exact) mass is 181 g/mol. The minimum absolute atomic E-state index is 0.612. The molecule has 0 saturated carbocycles. The molecule has 1 aromatic rings. The van der Waals surface area contributed by atoms with Crippen LogP contribution < -0.4 is 0 Å². The van der Waals surface area contributed by atoms with Crippen molar-refractivity contribution in [1.29, 1.82) is 0 Å². The Kier molecular flexibility index (Phi) is 3.18. The second-order valence-corrected chi connectivity index (χ2v) is 2.98. The molecule has 0 amide bonds. The molecule has 0 aliphatic carbocycles. The quantitative estimate of drug-likeness (QED) is 0.671. The Balaban J connectivity index is 2.79. The molecule has 13 heavy (non-hydrogen) atoms. The Hall–Kier alpha value is -1.18. The van der Waals surface area contributed by atoms with E-state index >= 15 is 0 Å². The zero-order chi connectivity index (χ0) is 9.84. The van der Waals surface area contributed by atoms with E-state index in [9.17, 15) is 8.78 Å². The summed E-state index contributed by atoms with van der Waals surface area (Å²) < 4.78 is 25.2. The van der Waals surface area contributed by atoms with Gasteiger partial charge in [0.1, 0.15) is 0 Å². The highest BCUT2D eigenvalue weighted by atomic mass is 19.2. The molecule has 0 bridgehead atoms. The average Bonchev–Trinajstić information content (AvgIpc) is 2.11.